The molecule has 0 saturated carbocycles. The Morgan fingerprint density at radius 2 is 1.35 bits per heavy atom. The van der Waals surface area contributed by atoms with Crippen molar-refractivity contribution in [1.82, 2.24) is 4.57 Å². The molecule has 1 aromatic heterocycles. The van der Waals surface area contributed by atoms with E-state index in [1.165, 1.54) is 10.8 Å². The summed E-state index contributed by atoms with van der Waals surface area (Å²) in [4.78, 5) is 24.6. The minimum absolute atomic E-state index is 0.201. The summed E-state index contributed by atoms with van der Waals surface area (Å²) in [7, 11) is 0. The van der Waals surface area contributed by atoms with Crippen molar-refractivity contribution in [3.05, 3.63) is 96.2 Å². The van der Waals surface area contributed by atoms with Gasteiger partial charge < -0.3 is 5.73 Å². The Bertz CT molecular complexity index is 1110. The van der Waals surface area contributed by atoms with Crippen LogP contribution in [0.1, 0.15) is 20.7 Å². The van der Waals surface area contributed by atoms with Crippen LogP contribution in [-0.2, 0) is 0 Å². The predicted octanol–water partition coefficient (Wildman–Crippen LogP) is 4.10. The van der Waals surface area contributed by atoms with Crippen molar-refractivity contribution >= 4 is 22.7 Å². The molecular formula is C22H16N2O2. The molecule has 0 radical (unpaired) electrons. The molecule has 0 spiro atoms. The van der Waals surface area contributed by atoms with Crippen molar-refractivity contribution in [1.29, 1.82) is 0 Å². The van der Waals surface area contributed by atoms with E-state index >= 15 is 0 Å². The van der Waals surface area contributed by atoms with Crippen LogP contribution in [0.3, 0.4) is 0 Å². The maximum Gasteiger partial charge on any atom is 0.262 e. The van der Waals surface area contributed by atoms with Gasteiger partial charge in [0.25, 0.3) is 11.8 Å². The minimum Gasteiger partial charge on any atom is -0.366 e. The third-order valence-electron chi connectivity index (χ3n) is 4.44. The number of aromatic nitrogens is 1. The summed E-state index contributed by atoms with van der Waals surface area (Å²) < 4.78 is 1.48. The van der Waals surface area contributed by atoms with Crippen LogP contribution in [-0.4, -0.2) is 16.4 Å². The fourth-order valence-electron chi connectivity index (χ4n) is 3.12. The number of nitrogens with two attached hydrogens (primary N) is 1. The van der Waals surface area contributed by atoms with Crippen molar-refractivity contribution in [3.63, 3.8) is 0 Å². The molecular weight excluding hydrogens is 324 g/mol. The zero-order valence-corrected chi connectivity index (χ0v) is 13.9. The number of fused-ring (bicyclic) bond motifs is 1. The Morgan fingerprint density at radius 1 is 0.731 bits per heavy atom. The maximum absolute atomic E-state index is 13.0. The van der Waals surface area contributed by atoms with Gasteiger partial charge in [-0.05, 0) is 29.3 Å². The molecule has 126 valence electrons. The largest absolute Gasteiger partial charge is 0.366 e. The van der Waals surface area contributed by atoms with E-state index < -0.39 is 5.91 Å². The molecule has 0 aliphatic rings. The number of nitrogens with zero attached hydrogens (tertiary/aromatic N) is 1. The Labute approximate surface area is 150 Å². The normalized spacial score (nSPS) is 10.8. The van der Waals surface area contributed by atoms with E-state index in [1.54, 1.807) is 24.3 Å². The molecule has 26 heavy (non-hydrogen) atoms. The van der Waals surface area contributed by atoms with Crippen molar-refractivity contribution < 1.29 is 9.59 Å². The first-order valence-electron chi connectivity index (χ1n) is 8.25. The molecule has 0 fully saturated rings. The van der Waals surface area contributed by atoms with Crippen LogP contribution in [0.2, 0.25) is 0 Å². The van der Waals surface area contributed by atoms with E-state index in [1.807, 2.05) is 54.6 Å². The Morgan fingerprint density at radius 3 is 2.04 bits per heavy atom. The second-order valence-corrected chi connectivity index (χ2v) is 6.04. The molecule has 4 aromatic rings. The summed E-state index contributed by atoms with van der Waals surface area (Å²) in [5, 5.41) is 0.675. The Balaban J connectivity index is 1.75. The third kappa shape index (κ3) is 2.67. The molecule has 0 saturated heterocycles. The van der Waals surface area contributed by atoms with E-state index in [0.29, 0.717) is 22.0 Å². The minimum atomic E-state index is -0.549. The van der Waals surface area contributed by atoms with E-state index in [2.05, 4.69) is 0 Å². The number of carbonyl (C=O) groups excluding carboxylic acids is 2. The van der Waals surface area contributed by atoms with Gasteiger partial charge in [0.15, 0.2) is 0 Å². The molecule has 2 N–H and O–H groups in total. The van der Waals surface area contributed by atoms with Crippen LogP contribution in [0, 0.1) is 0 Å². The monoisotopic (exact) mass is 340 g/mol. The summed E-state index contributed by atoms with van der Waals surface area (Å²) >= 11 is 0. The molecule has 1 amide bonds. The quantitative estimate of drug-likeness (QED) is 0.610. The SMILES string of the molecule is NC(=O)c1cn(C(=O)c2ccc(-c3ccccc3)cc2)c2ccccc12. The molecule has 4 nitrogen and oxygen atoms in total. The summed E-state index contributed by atoms with van der Waals surface area (Å²) in [5.74, 6) is -0.750. The first-order valence-corrected chi connectivity index (χ1v) is 8.25. The molecule has 1 heterocycles. The number of hydrogen-bond donors (Lipinski definition) is 1. The second-order valence-electron chi connectivity index (χ2n) is 6.04. The van der Waals surface area contributed by atoms with E-state index in [4.69, 9.17) is 5.73 Å². The van der Waals surface area contributed by atoms with Gasteiger partial charge in [0, 0.05) is 17.1 Å². The number of hydrogen-bond acceptors (Lipinski definition) is 2. The Hall–Kier alpha value is -3.66. The molecule has 0 aliphatic carbocycles. The highest BCUT2D eigenvalue weighted by Gasteiger charge is 2.17. The Kier molecular flexibility index (Phi) is 3.86. The average molecular weight is 340 g/mol. The lowest BCUT2D eigenvalue weighted by molar-refractivity contribution is 0.0965. The first kappa shape index (κ1) is 15.8. The topological polar surface area (TPSA) is 65.1 Å². The van der Waals surface area contributed by atoms with Gasteiger partial charge in [-0.25, -0.2) is 0 Å². The van der Waals surface area contributed by atoms with Gasteiger partial charge in [-0.15, -0.1) is 0 Å². The van der Waals surface area contributed by atoms with Gasteiger partial charge in [0.2, 0.25) is 0 Å². The third-order valence-corrected chi connectivity index (χ3v) is 4.44. The highest BCUT2D eigenvalue weighted by Crippen LogP contribution is 2.24. The van der Waals surface area contributed by atoms with Crippen molar-refractivity contribution in [2.75, 3.05) is 0 Å². The van der Waals surface area contributed by atoms with Crippen molar-refractivity contribution in [2.24, 2.45) is 5.73 Å². The zero-order valence-electron chi connectivity index (χ0n) is 13.9. The van der Waals surface area contributed by atoms with Crippen LogP contribution in [0.15, 0.2) is 85.1 Å². The smallest absolute Gasteiger partial charge is 0.262 e. The lowest BCUT2D eigenvalue weighted by atomic mass is 10.0. The number of carbonyl (C=O) groups is 2. The lowest BCUT2D eigenvalue weighted by Crippen LogP contribution is -2.12. The molecule has 4 heteroatoms. The standard InChI is InChI=1S/C22H16N2O2/c23-21(25)19-14-24(20-9-5-4-8-18(19)20)22(26)17-12-10-16(11-13-17)15-6-2-1-3-7-15/h1-14H,(H2,23,25). The average Bonchev–Trinajstić information content (AvgIpc) is 3.08. The van der Waals surface area contributed by atoms with Crippen LogP contribution < -0.4 is 5.73 Å². The summed E-state index contributed by atoms with van der Waals surface area (Å²) in [6.07, 6.45) is 1.51. The summed E-state index contributed by atoms with van der Waals surface area (Å²) in [5.41, 5.74) is 9.13. The zero-order chi connectivity index (χ0) is 18.1. The maximum atomic E-state index is 13.0. The number of rotatable bonds is 3. The molecule has 0 atom stereocenters. The van der Waals surface area contributed by atoms with Crippen LogP contribution in [0.25, 0.3) is 22.0 Å². The molecule has 4 rings (SSSR count). The van der Waals surface area contributed by atoms with Gasteiger partial charge in [-0.3, -0.25) is 14.2 Å². The summed E-state index contributed by atoms with van der Waals surface area (Å²) in [6.45, 7) is 0. The number of primary amides is 1. The lowest BCUT2D eigenvalue weighted by Gasteiger charge is -2.06. The van der Waals surface area contributed by atoms with Crippen LogP contribution in [0.4, 0.5) is 0 Å². The molecule has 3 aromatic carbocycles. The van der Waals surface area contributed by atoms with Gasteiger partial charge in [0.1, 0.15) is 0 Å². The van der Waals surface area contributed by atoms with Crippen LogP contribution in [0.5, 0.6) is 0 Å². The van der Waals surface area contributed by atoms with Crippen LogP contribution >= 0.6 is 0 Å². The molecule has 0 aliphatic heterocycles. The van der Waals surface area contributed by atoms with E-state index in [-0.39, 0.29) is 5.91 Å². The van der Waals surface area contributed by atoms with Gasteiger partial charge in [-0.1, -0.05) is 60.7 Å². The van der Waals surface area contributed by atoms with Crippen molar-refractivity contribution in [2.45, 2.75) is 0 Å². The number of benzene rings is 3. The first-order chi connectivity index (χ1) is 12.6. The van der Waals surface area contributed by atoms with Gasteiger partial charge >= 0.3 is 0 Å². The van der Waals surface area contributed by atoms with Gasteiger partial charge in [0.05, 0.1) is 11.1 Å². The highest BCUT2D eigenvalue weighted by atomic mass is 16.2. The van der Waals surface area contributed by atoms with E-state index in [9.17, 15) is 9.59 Å². The summed E-state index contributed by atoms with van der Waals surface area (Å²) in [6, 6.07) is 24.6. The van der Waals surface area contributed by atoms with Gasteiger partial charge in [-0.2, -0.15) is 0 Å². The number of para-hydroxylation sites is 1. The fourth-order valence-corrected chi connectivity index (χ4v) is 3.12. The second kappa shape index (κ2) is 6.33. The fraction of sp³-hybridized carbons (Fsp3) is 0. The highest BCUT2D eigenvalue weighted by molar-refractivity contribution is 6.11. The number of amides is 1. The predicted molar refractivity (Wildman–Crippen MR) is 102 cm³/mol. The van der Waals surface area contributed by atoms with E-state index in [0.717, 1.165) is 11.1 Å². The molecule has 0 unspecified atom stereocenters. The van der Waals surface area contributed by atoms with Crippen molar-refractivity contribution in [3.8, 4) is 11.1 Å². The molecule has 0 bridgehead atoms.